The molecule has 0 aliphatic carbocycles. The summed E-state index contributed by atoms with van der Waals surface area (Å²) in [5.74, 6) is 3.98. The summed E-state index contributed by atoms with van der Waals surface area (Å²) in [6.07, 6.45) is 0.548. The van der Waals surface area contributed by atoms with Gasteiger partial charge < -0.3 is 39.4 Å². The van der Waals surface area contributed by atoms with Crippen molar-refractivity contribution in [2.75, 3.05) is 6.61 Å². The predicted molar refractivity (Wildman–Crippen MR) is 501 cm³/mol. The molecule has 0 fully saturated rings. The number of aromatic hydroxyl groups is 4. The van der Waals surface area contributed by atoms with Crippen LogP contribution in [-0.4, -0.2) is 105 Å². The molecule has 0 radical (unpaired) electrons. The van der Waals surface area contributed by atoms with Gasteiger partial charge in [0.15, 0.2) is 46.6 Å². The highest BCUT2D eigenvalue weighted by atomic mass is 16.5. The fraction of sp³-hybridized carbons (Fsp3) is 0.113. The van der Waals surface area contributed by atoms with E-state index >= 15 is 0 Å². The van der Waals surface area contributed by atoms with E-state index in [-0.39, 0.29) is 65.4 Å². The van der Waals surface area contributed by atoms with Crippen molar-refractivity contribution in [2.24, 2.45) is 0 Å². The van der Waals surface area contributed by atoms with Gasteiger partial charge in [-0.3, -0.25) is 0 Å². The van der Waals surface area contributed by atoms with Gasteiger partial charge in [0.25, 0.3) is 0 Å². The predicted octanol–water partition coefficient (Wildman–Crippen LogP) is 24.6. The van der Waals surface area contributed by atoms with Crippen LogP contribution in [0.4, 0.5) is 0 Å². The number of nitrogens with zero attached hydrogens (tertiary/aromatic N) is 12. The van der Waals surface area contributed by atoms with Crippen LogP contribution >= 0.6 is 0 Å². The molecule has 0 aliphatic rings. The second kappa shape index (κ2) is 35.5. The summed E-state index contributed by atoms with van der Waals surface area (Å²) in [6, 6.07) is 104. The van der Waals surface area contributed by atoms with Crippen LogP contribution in [0.15, 0.2) is 315 Å². The van der Waals surface area contributed by atoms with Crippen LogP contribution in [-0.2, 0) is 0 Å². The van der Waals surface area contributed by atoms with Gasteiger partial charge in [-0.05, 0) is 230 Å². The molecule has 21 aromatic rings. The number of benzene rings is 17. The monoisotopic (exact) mass is 1650 g/mol. The van der Waals surface area contributed by atoms with Crippen molar-refractivity contribution in [3.05, 3.63) is 315 Å². The van der Waals surface area contributed by atoms with Gasteiger partial charge in [0.2, 0.25) is 0 Å². The Hall–Kier alpha value is -16.2. The lowest BCUT2D eigenvalue weighted by Crippen LogP contribution is -2.10. The van der Waals surface area contributed by atoms with Gasteiger partial charge in [-0.2, -0.15) is 39.9 Å². The van der Waals surface area contributed by atoms with Gasteiger partial charge in [0.1, 0.15) is 23.0 Å². The molecule has 0 spiro atoms. The molecule has 4 heterocycles. The molecule has 0 bridgehead atoms. The average molecular weight is 1650 g/mol. The van der Waals surface area contributed by atoms with Gasteiger partial charge in [0, 0.05) is 22.3 Å². The van der Waals surface area contributed by atoms with Crippen LogP contribution in [0.5, 0.6) is 47.0 Å². The Morgan fingerprint density at radius 1 is 0.230 bits per heavy atom. The first-order chi connectivity index (χ1) is 61.5. The Labute approximate surface area is 725 Å². The second-order valence-corrected chi connectivity index (χ2v) is 31.1. The molecule has 0 unspecified atom stereocenters. The quantitative estimate of drug-likeness (QED) is 0.0487. The Morgan fingerprint density at radius 3 is 1.06 bits per heavy atom. The van der Waals surface area contributed by atoms with Gasteiger partial charge in [-0.1, -0.05) is 237 Å². The van der Waals surface area contributed by atoms with Crippen LogP contribution in [0, 0.1) is 0 Å². The van der Waals surface area contributed by atoms with E-state index in [1.54, 1.807) is 72.8 Å². The summed E-state index contributed by atoms with van der Waals surface area (Å²) in [5, 5.41) is 62.0. The van der Waals surface area contributed by atoms with Crippen molar-refractivity contribution in [2.45, 2.75) is 73.2 Å². The maximum Gasteiger partial charge on any atom is 0.320 e. The highest BCUT2D eigenvalue weighted by Gasteiger charge is 2.24. The SMILES string of the molecule is CC(C)Oc1nc(-c2ccccc2O)nc(-c2c3ccccc3cc3ccccc23)n1.CC(C)Oc1nc(-c2ccccc2O)nc(-c2cc3ccccc3c3ccccc23)n1.CC(C)Oc1nc(-c2ccccc2O)nc(-c2ccc3ccc4cccc5ccc2c3c45)n1.CCCOc1nc(-c2ccc3cc4ccccc4cc3c2)nc(-c2ccccc2O)n1. The third-order valence-corrected chi connectivity index (χ3v) is 21.2. The number of hydrogen-bond donors (Lipinski definition) is 4. The Bertz CT molecular complexity index is 7580. The summed E-state index contributed by atoms with van der Waals surface area (Å²) in [6.45, 7) is 14.1. The number of phenols is 4. The fourth-order valence-corrected chi connectivity index (χ4v) is 15.6. The fourth-order valence-electron chi connectivity index (χ4n) is 15.6. The maximum absolute atomic E-state index is 10.4. The summed E-state index contributed by atoms with van der Waals surface area (Å²) < 4.78 is 23.3. The third kappa shape index (κ3) is 17.0. The number of fused-ring (bicyclic) bond motifs is 7. The first-order valence-electron chi connectivity index (χ1n) is 41.7. The number of para-hydroxylation sites is 4. The summed E-state index contributed by atoms with van der Waals surface area (Å²) in [7, 11) is 0. The Balaban J connectivity index is 0.000000114. The van der Waals surface area contributed by atoms with E-state index in [0.29, 0.717) is 75.5 Å². The van der Waals surface area contributed by atoms with Crippen molar-refractivity contribution in [1.82, 2.24) is 59.8 Å². The molecular formula is C106H84N12O8. The van der Waals surface area contributed by atoms with Gasteiger partial charge in [0.05, 0.1) is 47.2 Å². The standard InChI is InChI=1S/C28H21N3O2.3C26H21N3O2/c1-16(2)33-28-30-26(29-27(31-28)22-8-3-4-9-23(22)32)21-15-13-19-11-10-17-6-5-7-18-12-14-20(21)25(19)24(17)18;1-16(2)31-26-28-24(21-13-7-8-14-22(21)30)27-25(29-26)23-19-11-5-3-9-17(19)15-18-10-4-6-12-20(18)23;1-16(2)31-26-28-24(21-13-7-8-14-23(21)30)27-25(29-26)22-15-17-9-3-4-10-18(17)19-11-5-6-12-20(19)22;1-2-13-31-26-28-24(27-25(29-26)22-9-5-6-10-23(22)30)20-12-11-19-14-17-7-3-4-8-18(17)15-21(19)16-20/h3-16,32H,1-2H3;2*3-16,30H,1-2H3;3-12,14-16,30H,2,13H2,1H3. The Morgan fingerprint density at radius 2 is 0.563 bits per heavy atom. The number of ether oxygens (including phenoxy) is 4. The molecule has 20 nitrogen and oxygen atoms in total. The van der Waals surface area contributed by atoms with E-state index < -0.39 is 0 Å². The minimum Gasteiger partial charge on any atom is -0.507 e. The average Bonchev–Trinajstić information content (AvgIpc) is 0.738. The zero-order chi connectivity index (χ0) is 86.5. The lowest BCUT2D eigenvalue weighted by atomic mass is 9.92. The van der Waals surface area contributed by atoms with Crippen molar-refractivity contribution >= 4 is 97.0 Å². The summed E-state index contributed by atoms with van der Waals surface area (Å²) in [5.41, 5.74) is 5.71. The molecular weight excluding hydrogens is 1570 g/mol. The Kier molecular flexibility index (Phi) is 22.7. The highest BCUT2D eigenvalue weighted by Crippen LogP contribution is 2.43. The number of rotatable bonds is 17. The lowest BCUT2D eigenvalue weighted by Gasteiger charge is -2.15. The van der Waals surface area contributed by atoms with Crippen molar-refractivity contribution in [3.8, 4) is 138 Å². The van der Waals surface area contributed by atoms with E-state index in [1.165, 1.54) is 43.1 Å². The van der Waals surface area contributed by atoms with Crippen LogP contribution in [0.25, 0.3) is 188 Å². The first kappa shape index (κ1) is 80.8. The van der Waals surface area contributed by atoms with Gasteiger partial charge >= 0.3 is 24.0 Å². The molecule has 21 rings (SSSR count). The summed E-state index contributed by atoms with van der Waals surface area (Å²) in [4.78, 5) is 55.3. The van der Waals surface area contributed by atoms with Crippen LogP contribution in [0.3, 0.4) is 0 Å². The van der Waals surface area contributed by atoms with E-state index in [2.05, 4.69) is 190 Å². The van der Waals surface area contributed by atoms with Crippen molar-refractivity contribution in [1.29, 1.82) is 0 Å². The van der Waals surface area contributed by atoms with Gasteiger partial charge in [-0.15, -0.1) is 0 Å². The molecule has 0 amide bonds. The lowest BCUT2D eigenvalue weighted by molar-refractivity contribution is 0.221. The van der Waals surface area contributed by atoms with Crippen LogP contribution < -0.4 is 18.9 Å². The van der Waals surface area contributed by atoms with E-state index in [9.17, 15) is 20.4 Å². The topological polar surface area (TPSA) is 273 Å². The molecule has 4 N–H and O–H groups in total. The number of aromatic nitrogens is 12. The largest absolute Gasteiger partial charge is 0.507 e. The molecule has 20 heteroatoms. The zero-order valence-corrected chi connectivity index (χ0v) is 70.0. The van der Waals surface area contributed by atoms with Crippen LogP contribution in [0.1, 0.15) is 54.9 Å². The first-order valence-corrected chi connectivity index (χ1v) is 41.7. The molecule has 0 aliphatic heterocycles. The molecule has 0 atom stereocenters. The molecule has 4 aromatic heterocycles. The van der Waals surface area contributed by atoms with Gasteiger partial charge in [-0.25, -0.2) is 19.9 Å². The smallest absolute Gasteiger partial charge is 0.320 e. The third-order valence-electron chi connectivity index (χ3n) is 21.2. The van der Waals surface area contributed by atoms with E-state index in [4.69, 9.17) is 33.9 Å². The molecule has 0 saturated heterocycles. The zero-order valence-electron chi connectivity index (χ0n) is 70.0. The number of phenolic OH excluding ortho intramolecular Hbond substituents is 4. The van der Waals surface area contributed by atoms with Crippen LogP contribution in [0.2, 0.25) is 0 Å². The minimum absolute atomic E-state index is 0.0965. The van der Waals surface area contributed by atoms with E-state index in [1.807, 2.05) is 146 Å². The normalized spacial score (nSPS) is 11.4. The summed E-state index contributed by atoms with van der Waals surface area (Å²) >= 11 is 0. The molecule has 126 heavy (non-hydrogen) atoms. The second-order valence-electron chi connectivity index (χ2n) is 31.1. The molecule has 0 saturated carbocycles. The molecule has 616 valence electrons. The van der Waals surface area contributed by atoms with Crippen molar-refractivity contribution < 1.29 is 39.4 Å². The maximum atomic E-state index is 10.4. The highest BCUT2D eigenvalue weighted by molar-refractivity contribution is 6.25. The van der Waals surface area contributed by atoms with E-state index in [0.717, 1.165) is 82.5 Å². The van der Waals surface area contributed by atoms with Crippen molar-refractivity contribution in [3.63, 3.8) is 0 Å². The minimum atomic E-state index is -0.100. The number of hydrogen-bond acceptors (Lipinski definition) is 20. The molecule has 17 aromatic carbocycles.